The summed E-state index contributed by atoms with van der Waals surface area (Å²) in [6.07, 6.45) is 0.413. The van der Waals surface area contributed by atoms with Crippen molar-refractivity contribution in [3.8, 4) is 5.75 Å². The number of rotatable bonds is 5. The number of carbonyl (C=O) groups is 1. The summed E-state index contributed by atoms with van der Waals surface area (Å²) in [4.78, 5) is 27.2. The number of aromatic nitrogens is 1. The molecule has 26 heavy (non-hydrogen) atoms. The van der Waals surface area contributed by atoms with Crippen molar-refractivity contribution in [2.45, 2.75) is 12.8 Å². The fourth-order valence-electron chi connectivity index (χ4n) is 2.61. The predicted molar refractivity (Wildman–Crippen MR) is 105 cm³/mol. The molecule has 7 heteroatoms. The van der Waals surface area contributed by atoms with E-state index in [9.17, 15) is 9.59 Å². The molecule has 0 aliphatic carbocycles. The average Bonchev–Trinajstić information content (AvgIpc) is 2.62. The van der Waals surface area contributed by atoms with E-state index in [4.69, 9.17) is 27.9 Å². The zero-order chi connectivity index (χ0) is 18.7. The van der Waals surface area contributed by atoms with Crippen molar-refractivity contribution in [2.24, 2.45) is 0 Å². The lowest BCUT2D eigenvalue weighted by Gasteiger charge is -2.09. The van der Waals surface area contributed by atoms with Crippen LogP contribution in [0.15, 0.2) is 47.3 Å². The summed E-state index contributed by atoms with van der Waals surface area (Å²) in [5.74, 6) is 0.423. The average molecular weight is 391 g/mol. The molecule has 1 heterocycles. The van der Waals surface area contributed by atoms with Gasteiger partial charge in [0.2, 0.25) is 5.91 Å². The molecule has 3 rings (SSSR count). The largest absolute Gasteiger partial charge is 0.497 e. The highest BCUT2D eigenvalue weighted by atomic mass is 35.5. The van der Waals surface area contributed by atoms with Crippen LogP contribution < -0.4 is 15.6 Å². The first-order chi connectivity index (χ1) is 12.5. The lowest BCUT2D eigenvalue weighted by Crippen LogP contribution is -2.17. The van der Waals surface area contributed by atoms with Crippen molar-refractivity contribution in [2.75, 3.05) is 12.4 Å². The quantitative estimate of drug-likeness (QED) is 0.677. The summed E-state index contributed by atoms with van der Waals surface area (Å²) in [5, 5.41) is 4.25. The molecule has 5 nitrogen and oxygen atoms in total. The Bertz CT molecular complexity index is 1010. The molecule has 0 spiro atoms. The number of anilines is 1. The highest BCUT2D eigenvalue weighted by molar-refractivity contribution is 6.39. The maximum atomic E-state index is 12.2. The van der Waals surface area contributed by atoms with Gasteiger partial charge in [-0.2, -0.15) is 0 Å². The van der Waals surface area contributed by atoms with Gasteiger partial charge in [-0.25, -0.2) is 0 Å². The number of fused-ring (bicyclic) bond motifs is 1. The summed E-state index contributed by atoms with van der Waals surface area (Å²) in [6.45, 7) is 0. The van der Waals surface area contributed by atoms with Crippen LogP contribution in [0.3, 0.4) is 0 Å². The Balaban J connectivity index is 1.75. The van der Waals surface area contributed by atoms with Crippen LogP contribution in [0.1, 0.15) is 12.0 Å². The first kappa shape index (κ1) is 18.3. The number of carbonyl (C=O) groups excluding carboxylic acids is 1. The van der Waals surface area contributed by atoms with Crippen LogP contribution in [0.2, 0.25) is 10.0 Å². The topological polar surface area (TPSA) is 71.2 Å². The van der Waals surface area contributed by atoms with Gasteiger partial charge in [0.05, 0.1) is 22.8 Å². The van der Waals surface area contributed by atoms with Crippen molar-refractivity contribution >= 4 is 45.7 Å². The number of para-hydroxylation sites is 1. The zero-order valence-electron chi connectivity index (χ0n) is 13.9. The van der Waals surface area contributed by atoms with Crippen LogP contribution in [-0.4, -0.2) is 18.0 Å². The third kappa shape index (κ3) is 4.00. The number of amides is 1. The van der Waals surface area contributed by atoms with Gasteiger partial charge in [0, 0.05) is 22.9 Å². The van der Waals surface area contributed by atoms with Crippen LogP contribution in [0.25, 0.3) is 10.9 Å². The summed E-state index contributed by atoms with van der Waals surface area (Å²) in [7, 11) is 1.58. The summed E-state index contributed by atoms with van der Waals surface area (Å²) in [5.41, 5.74) is 1.39. The first-order valence-electron chi connectivity index (χ1n) is 7.92. The SMILES string of the molecule is COc1ccc2[nH]c(=O)c(CCC(=O)Nc3c(Cl)cccc3Cl)cc2c1. The van der Waals surface area contributed by atoms with Gasteiger partial charge in [-0.15, -0.1) is 0 Å². The molecule has 0 aliphatic heterocycles. The van der Waals surface area contributed by atoms with Gasteiger partial charge in [0.1, 0.15) is 5.75 Å². The molecule has 134 valence electrons. The number of H-pyrrole nitrogens is 1. The maximum absolute atomic E-state index is 12.2. The third-order valence-electron chi connectivity index (χ3n) is 3.98. The van der Waals surface area contributed by atoms with Crippen LogP contribution >= 0.6 is 23.2 Å². The van der Waals surface area contributed by atoms with Crippen LogP contribution in [0.5, 0.6) is 5.75 Å². The number of aryl methyl sites for hydroxylation is 1. The Morgan fingerprint density at radius 3 is 2.58 bits per heavy atom. The molecule has 0 saturated carbocycles. The normalized spacial score (nSPS) is 10.7. The van der Waals surface area contributed by atoms with Gasteiger partial charge in [0.25, 0.3) is 5.56 Å². The highest BCUT2D eigenvalue weighted by Gasteiger charge is 2.11. The van der Waals surface area contributed by atoms with Crippen molar-refractivity contribution < 1.29 is 9.53 Å². The number of methoxy groups -OCH3 is 1. The number of halogens is 2. The second-order valence-corrected chi connectivity index (χ2v) is 6.54. The van der Waals surface area contributed by atoms with Crippen molar-refractivity contribution in [3.63, 3.8) is 0 Å². The van der Waals surface area contributed by atoms with Crippen LogP contribution in [0.4, 0.5) is 5.69 Å². The van der Waals surface area contributed by atoms with Gasteiger partial charge in [-0.1, -0.05) is 29.3 Å². The summed E-state index contributed by atoms with van der Waals surface area (Å²) < 4.78 is 5.20. The minimum Gasteiger partial charge on any atom is -0.497 e. The van der Waals surface area contributed by atoms with E-state index in [1.165, 1.54) is 0 Å². The van der Waals surface area contributed by atoms with E-state index in [2.05, 4.69) is 10.3 Å². The number of benzene rings is 2. The molecular formula is C19H16Cl2N2O3. The number of hydrogen-bond donors (Lipinski definition) is 2. The van der Waals surface area contributed by atoms with Gasteiger partial charge >= 0.3 is 0 Å². The molecule has 0 saturated heterocycles. The minimum absolute atomic E-state index is 0.125. The molecule has 0 radical (unpaired) electrons. The monoisotopic (exact) mass is 390 g/mol. The van der Waals surface area contributed by atoms with Crippen molar-refractivity contribution in [1.29, 1.82) is 0 Å². The molecule has 1 amide bonds. The lowest BCUT2D eigenvalue weighted by atomic mass is 10.1. The molecule has 0 bridgehead atoms. The predicted octanol–water partition coefficient (Wildman–Crippen LogP) is 4.41. The van der Waals surface area contributed by atoms with E-state index in [0.717, 1.165) is 5.39 Å². The number of ether oxygens (including phenoxy) is 1. The Morgan fingerprint density at radius 1 is 1.15 bits per heavy atom. The third-order valence-corrected chi connectivity index (χ3v) is 4.61. The van der Waals surface area contributed by atoms with E-state index in [1.54, 1.807) is 43.5 Å². The van der Waals surface area contributed by atoms with Crippen LogP contribution in [0, 0.1) is 0 Å². The molecule has 1 aromatic heterocycles. The number of aromatic amines is 1. The molecular weight excluding hydrogens is 375 g/mol. The molecule has 0 unspecified atom stereocenters. The number of pyridine rings is 1. The number of nitrogens with one attached hydrogen (secondary N) is 2. The number of hydrogen-bond acceptors (Lipinski definition) is 3. The molecule has 0 atom stereocenters. The van der Waals surface area contributed by atoms with Crippen molar-refractivity contribution in [3.05, 3.63) is 68.4 Å². The second kappa shape index (κ2) is 7.81. The Kier molecular flexibility index (Phi) is 5.49. The highest BCUT2D eigenvalue weighted by Crippen LogP contribution is 2.29. The van der Waals surface area contributed by atoms with E-state index >= 15 is 0 Å². The second-order valence-electron chi connectivity index (χ2n) is 5.72. The lowest BCUT2D eigenvalue weighted by molar-refractivity contribution is -0.116. The smallest absolute Gasteiger partial charge is 0.251 e. The Labute approximate surface area is 159 Å². The Morgan fingerprint density at radius 2 is 1.88 bits per heavy atom. The van der Waals surface area contributed by atoms with Crippen LogP contribution in [-0.2, 0) is 11.2 Å². The van der Waals surface area contributed by atoms with E-state index < -0.39 is 0 Å². The molecule has 2 N–H and O–H groups in total. The molecule has 0 aliphatic rings. The van der Waals surface area contributed by atoms with Gasteiger partial charge < -0.3 is 15.0 Å². The zero-order valence-corrected chi connectivity index (χ0v) is 15.4. The Hall–Kier alpha value is -2.50. The standard InChI is InChI=1S/C19H16Cl2N2O3/c1-26-13-6-7-16-12(10-13)9-11(19(25)22-16)5-8-17(24)23-18-14(20)3-2-4-15(18)21/h2-4,6-7,9-10H,5,8H2,1H3,(H,22,25)(H,23,24). The van der Waals surface area contributed by atoms with Gasteiger partial charge in [-0.3, -0.25) is 9.59 Å². The summed E-state index contributed by atoms with van der Waals surface area (Å²) in [6, 6.07) is 12.1. The van der Waals surface area contributed by atoms with Gasteiger partial charge in [-0.05, 0) is 42.8 Å². The van der Waals surface area contributed by atoms with E-state index in [1.807, 2.05) is 6.07 Å². The summed E-state index contributed by atoms with van der Waals surface area (Å²) >= 11 is 12.1. The minimum atomic E-state index is -0.273. The maximum Gasteiger partial charge on any atom is 0.251 e. The fraction of sp³-hybridized carbons (Fsp3) is 0.158. The van der Waals surface area contributed by atoms with Crippen molar-refractivity contribution in [1.82, 2.24) is 4.98 Å². The molecule has 2 aromatic carbocycles. The molecule has 0 fully saturated rings. The fourth-order valence-corrected chi connectivity index (χ4v) is 3.10. The van der Waals surface area contributed by atoms with E-state index in [-0.39, 0.29) is 24.3 Å². The van der Waals surface area contributed by atoms with Gasteiger partial charge in [0.15, 0.2) is 0 Å². The molecule has 3 aromatic rings. The van der Waals surface area contributed by atoms with E-state index in [0.29, 0.717) is 32.6 Å². The first-order valence-corrected chi connectivity index (χ1v) is 8.67.